The number of phenolic OH excluding ortho intramolecular Hbond substituents is 2. The van der Waals surface area contributed by atoms with Crippen LogP contribution in [-0.2, 0) is 20.7 Å². The summed E-state index contributed by atoms with van der Waals surface area (Å²) in [5, 5.41) is 24.1. The number of halogens is 1. The second kappa shape index (κ2) is 9.11. The van der Waals surface area contributed by atoms with Crippen LogP contribution in [0.5, 0.6) is 11.5 Å². The maximum atomic E-state index is 11.8. The van der Waals surface area contributed by atoms with Crippen molar-refractivity contribution in [2.24, 2.45) is 0 Å². The molecule has 124 valence electrons. The lowest BCUT2D eigenvalue weighted by Crippen LogP contribution is -2.49. The van der Waals surface area contributed by atoms with Crippen molar-refractivity contribution in [1.29, 1.82) is 0 Å². The van der Waals surface area contributed by atoms with Crippen LogP contribution in [0.3, 0.4) is 0 Å². The number of hydrogen-bond acceptors (Lipinski definition) is 6. The maximum absolute atomic E-state index is 11.8. The maximum Gasteiger partial charge on any atom is 0.328 e. The van der Waals surface area contributed by atoms with Gasteiger partial charge in [-0.15, -0.1) is 12.4 Å². The van der Waals surface area contributed by atoms with Gasteiger partial charge in [-0.25, -0.2) is 4.79 Å². The lowest BCUT2D eigenvalue weighted by atomic mass is 10.0. The minimum absolute atomic E-state index is 0. The Labute approximate surface area is 135 Å². The molecular formula is C14H21ClN2O5. The van der Waals surface area contributed by atoms with Crippen LogP contribution < -0.4 is 10.6 Å². The summed E-state index contributed by atoms with van der Waals surface area (Å²) in [6.07, 6.45) is 0.142. The lowest BCUT2D eigenvalue weighted by Gasteiger charge is -2.19. The van der Waals surface area contributed by atoms with E-state index in [1.165, 1.54) is 19.2 Å². The summed E-state index contributed by atoms with van der Waals surface area (Å²) in [5.74, 6) is -1.46. The number of phenols is 2. The molecular weight excluding hydrogens is 312 g/mol. The monoisotopic (exact) mass is 332 g/mol. The van der Waals surface area contributed by atoms with Gasteiger partial charge in [0.25, 0.3) is 0 Å². The van der Waals surface area contributed by atoms with E-state index < -0.39 is 18.1 Å². The van der Waals surface area contributed by atoms with Gasteiger partial charge in [0.15, 0.2) is 11.5 Å². The Kier molecular flexibility index (Phi) is 8.29. The molecule has 1 aromatic carbocycles. The van der Waals surface area contributed by atoms with E-state index in [1.54, 1.807) is 20.0 Å². The van der Waals surface area contributed by atoms with E-state index in [9.17, 15) is 19.8 Å². The molecule has 0 aliphatic carbocycles. The van der Waals surface area contributed by atoms with Gasteiger partial charge >= 0.3 is 5.97 Å². The van der Waals surface area contributed by atoms with Crippen LogP contribution in [0.25, 0.3) is 0 Å². The van der Waals surface area contributed by atoms with Gasteiger partial charge in [0, 0.05) is 6.42 Å². The predicted molar refractivity (Wildman–Crippen MR) is 83.2 cm³/mol. The Hall–Kier alpha value is -1.99. The van der Waals surface area contributed by atoms with Crippen LogP contribution in [0.1, 0.15) is 12.5 Å². The molecule has 0 aromatic heterocycles. The van der Waals surface area contributed by atoms with Crippen LogP contribution in [0, 0.1) is 0 Å². The number of ether oxygens (including phenoxy) is 1. The molecule has 0 saturated heterocycles. The molecule has 8 heteroatoms. The van der Waals surface area contributed by atoms with Gasteiger partial charge in [0.2, 0.25) is 5.91 Å². The standard InChI is InChI=1S/C14H20N2O5.ClH/c1-8(15-2)13(19)16-10(14(20)21-3)6-9-4-5-11(17)12(18)7-9;/h4-5,7-8,10,15,17-18H,6H2,1-3H3,(H,16,19);1H/t8?,10-;/m0./s1. The van der Waals surface area contributed by atoms with Gasteiger partial charge in [-0.3, -0.25) is 4.79 Å². The molecule has 0 fully saturated rings. The number of nitrogens with one attached hydrogen (secondary N) is 2. The summed E-state index contributed by atoms with van der Waals surface area (Å²) in [7, 11) is 2.87. The number of amides is 1. The number of hydrogen-bond donors (Lipinski definition) is 4. The quantitative estimate of drug-likeness (QED) is 0.441. The SMILES string of the molecule is CNC(C)C(=O)N[C@@H](Cc1ccc(O)c(O)c1)C(=O)OC.Cl. The fraction of sp³-hybridized carbons (Fsp3) is 0.429. The number of aromatic hydroxyl groups is 2. The van der Waals surface area contributed by atoms with Crippen molar-refractivity contribution < 1.29 is 24.5 Å². The summed E-state index contributed by atoms with van der Waals surface area (Å²) >= 11 is 0. The predicted octanol–water partition coefficient (Wildman–Crippen LogP) is 0.328. The van der Waals surface area contributed by atoms with Crippen LogP contribution in [0.2, 0.25) is 0 Å². The number of methoxy groups -OCH3 is 1. The van der Waals surface area contributed by atoms with Gasteiger partial charge in [-0.05, 0) is 31.7 Å². The number of benzene rings is 1. The second-order valence-electron chi connectivity index (χ2n) is 4.62. The summed E-state index contributed by atoms with van der Waals surface area (Å²) in [6, 6.07) is 2.88. The molecule has 0 spiro atoms. The zero-order valence-corrected chi connectivity index (χ0v) is 13.4. The molecule has 0 aliphatic rings. The Morgan fingerprint density at radius 3 is 2.41 bits per heavy atom. The zero-order chi connectivity index (χ0) is 16.0. The minimum atomic E-state index is -0.873. The van der Waals surface area contributed by atoms with Crippen molar-refractivity contribution in [3.63, 3.8) is 0 Å². The average molecular weight is 333 g/mol. The molecule has 1 rings (SSSR count). The number of carbonyl (C=O) groups excluding carboxylic acids is 2. The van der Waals surface area contributed by atoms with Crippen molar-refractivity contribution in [2.75, 3.05) is 14.2 Å². The number of esters is 1. The first-order chi connectivity index (χ1) is 9.88. The van der Waals surface area contributed by atoms with Crippen molar-refractivity contribution in [3.05, 3.63) is 23.8 Å². The summed E-state index contributed by atoms with van der Waals surface area (Å²) in [4.78, 5) is 23.6. The van der Waals surface area contributed by atoms with Crippen LogP contribution in [-0.4, -0.2) is 48.3 Å². The van der Waals surface area contributed by atoms with Crippen molar-refractivity contribution in [1.82, 2.24) is 10.6 Å². The Bertz CT molecular complexity index is 524. The topological polar surface area (TPSA) is 108 Å². The highest BCUT2D eigenvalue weighted by Gasteiger charge is 2.24. The molecule has 0 aliphatic heterocycles. The minimum Gasteiger partial charge on any atom is -0.504 e. The summed E-state index contributed by atoms with van der Waals surface area (Å²) in [5.41, 5.74) is 0.582. The first kappa shape index (κ1) is 20.0. The molecule has 0 saturated carbocycles. The van der Waals surface area contributed by atoms with E-state index in [-0.39, 0.29) is 36.2 Å². The third-order valence-electron chi connectivity index (χ3n) is 3.11. The lowest BCUT2D eigenvalue weighted by molar-refractivity contribution is -0.145. The van der Waals surface area contributed by atoms with Gasteiger partial charge in [0.1, 0.15) is 6.04 Å². The number of rotatable bonds is 6. The fourth-order valence-corrected chi connectivity index (χ4v) is 1.70. The smallest absolute Gasteiger partial charge is 0.328 e. The normalized spacial score (nSPS) is 12.7. The van der Waals surface area contributed by atoms with Gasteiger partial charge < -0.3 is 25.6 Å². The highest BCUT2D eigenvalue weighted by atomic mass is 35.5. The Morgan fingerprint density at radius 1 is 1.27 bits per heavy atom. The molecule has 7 nitrogen and oxygen atoms in total. The van der Waals surface area contributed by atoms with E-state index >= 15 is 0 Å². The fourth-order valence-electron chi connectivity index (χ4n) is 1.70. The first-order valence-electron chi connectivity index (χ1n) is 6.45. The molecule has 2 atom stereocenters. The highest BCUT2D eigenvalue weighted by Crippen LogP contribution is 2.25. The van der Waals surface area contributed by atoms with Crippen LogP contribution in [0.4, 0.5) is 0 Å². The first-order valence-corrected chi connectivity index (χ1v) is 6.45. The molecule has 22 heavy (non-hydrogen) atoms. The van der Waals surface area contributed by atoms with Crippen LogP contribution in [0.15, 0.2) is 18.2 Å². The largest absolute Gasteiger partial charge is 0.504 e. The number of likely N-dealkylation sites (N-methyl/N-ethyl adjacent to an activating group) is 1. The van der Waals surface area contributed by atoms with Gasteiger partial charge in [-0.1, -0.05) is 6.07 Å². The van der Waals surface area contributed by atoms with E-state index in [1.807, 2.05) is 0 Å². The summed E-state index contributed by atoms with van der Waals surface area (Å²) in [6.45, 7) is 1.66. The Morgan fingerprint density at radius 2 is 1.91 bits per heavy atom. The molecule has 0 heterocycles. The van der Waals surface area contributed by atoms with Crippen molar-refractivity contribution in [2.45, 2.75) is 25.4 Å². The van der Waals surface area contributed by atoms with Crippen molar-refractivity contribution in [3.8, 4) is 11.5 Å². The van der Waals surface area contributed by atoms with E-state index in [0.717, 1.165) is 0 Å². The third kappa shape index (κ3) is 5.42. The summed E-state index contributed by atoms with van der Waals surface area (Å²) < 4.78 is 4.67. The van der Waals surface area contributed by atoms with E-state index in [2.05, 4.69) is 15.4 Å². The molecule has 0 radical (unpaired) electrons. The van der Waals surface area contributed by atoms with Crippen LogP contribution >= 0.6 is 12.4 Å². The molecule has 1 aromatic rings. The molecule has 1 amide bonds. The Balaban J connectivity index is 0.00000441. The molecule has 1 unspecified atom stereocenters. The van der Waals surface area contributed by atoms with E-state index in [0.29, 0.717) is 5.56 Å². The second-order valence-corrected chi connectivity index (χ2v) is 4.62. The average Bonchev–Trinajstić information content (AvgIpc) is 2.48. The van der Waals surface area contributed by atoms with Crippen molar-refractivity contribution >= 4 is 24.3 Å². The van der Waals surface area contributed by atoms with Gasteiger partial charge in [-0.2, -0.15) is 0 Å². The van der Waals surface area contributed by atoms with E-state index in [4.69, 9.17) is 0 Å². The van der Waals surface area contributed by atoms with Gasteiger partial charge in [0.05, 0.1) is 13.2 Å². The third-order valence-corrected chi connectivity index (χ3v) is 3.11. The zero-order valence-electron chi connectivity index (χ0n) is 12.6. The molecule has 0 bridgehead atoms. The number of carbonyl (C=O) groups is 2. The molecule has 4 N–H and O–H groups in total. The highest BCUT2D eigenvalue weighted by molar-refractivity contribution is 5.87.